The van der Waals surface area contributed by atoms with E-state index < -0.39 is 0 Å². The molecule has 0 radical (unpaired) electrons. The molecule has 1 aromatic heterocycles. The molecule has 8 nitrogen and oxygen atoms in total. The number of benzene rings is 2. The fourth-order valence-corrected chi connectivity index (χ4v) is 7.27. The van der Waals surface area contributed by atoms with E-state index in [0.29, 0.717) is 18.4 Å². The van der Waals surface area contributed by atoms with Crippen molar-refractivity contribution in [3.8, 4) is 17.0 Å². The Labute approximate surface area is 258 Å². The maximum absolute atomic E-state index is 12.4. The first-order valence-electron chi connectivity index (χ1n) is 15.5. The highest BCUT2D eigenvalue weighted by molar-refractivity contribution is 7.14. The smallest absolute Gasteiger partial charge is 0.290 e. The first-order chi connectivity index (χ1) is 20.9. The van der Waals surface area contributed by atoms with Crippen molar-refractivity contribution in [3.63, 3.8) is 0 Å². The molecule has 4 fully saturated rings. The van der Waals surface area contributed by atoms with E-state index in [9.17, 15) is 4.79 Å². The van der Waals surface area contributed by atoms with Gasteiger partial charge < -0.3 is 19.6 Å². The van der Waals surface area contributed by atoms with Crippen LogP contribution in [-0.4, -0.2) is 71.5 Å². The molecule has 9 heteroatoms. The second-order valence-corrected chi connectivity index (χ2v) is 13.4. The lowest BCUT2D eigenvalue weighted by Crippen LogP contribution is -2.48. The van der Waals surface area contributed by atoms with Gasteiger partial charge in [0.25, 0.3) is 6.47 Å². The molecular weight excluding hydrogens is 560 g/mol. The van der Waals surface area contributed by atoms with Crippen LogP contribution in [0.2, 0.25) is 0 Å². The third-order valence-electron chi connectivity index (χ3n) is 9.27. The van der Waals surface area contributed by atoms with Crippen LogP contribution in [0, 0.1) is 31.6 Å². The number of carbonyl (C=O) groups is 2. The van der Waals surface area contributed by atoms with Crippen molar-refractivity contribution in [2.45, 2.75) is 52.7 Å². The van der Waals surface area contributed by atoms with Gasteiger partial charge in [-0.2, -0.15) is 0 Å². The molecule has 2 aliphatic heterocycles. The van der Waals surface area contributed by atoms with Crippen molar-refractivity contribution in [1.82, 2.24) is 14.8 Å². The number of hydrogen-bond acceptors (Lipinski definition) is 7. The number of aryl methyl sites for hydroxylation is 2. The number of aromatic nitrogens is 1. The molecule has 2 saturated carbocycles. The van der Waals surface area contributed by atoms with Crippen LogP contribution in [0.4, 0.5) is 5.13 Å². The number of amides is 1. The van der Waals surface area contributed by atoms with Crippen LogP contribution in [0.3, 0.4) is 0 Å². The highest BCUT2D eigenvalue weighted by Crippen LogP contribution is 2.46. The third-order valence-corrected chi connectivity index (χ3v) is 10.2. The average Bonchev–Trinajstić information content (AvgIpc) is 3.94. The van der Waals surface area contributed by atoms with E-state index in [0.717, 1.165) is 86.1 Å². The molecule has 1 N–H and O–H groups in total. The van der Waals surface area contributed by atoms with Gasteiger partial charge in [0.15, 0.2) is 5.13 Å². The van der Waals surface area contributed by atoms with Crippen molar-refractivity contribution in [3.05, 3.63) is 64.0 Å². The number of carboxylic acid groups (broad SMARTS) is 1. The predicted molar refractivity (Wildman–Crippen MR) is 169 cm³/mol. The summed E-state index contributed by atoms with van der Waals surface area (Å²) in [5.41, 5.74) is 7.10. The molecule has 3 heterocycles. The number of rotatable bonds is 8. The summed E-state index contributed by atoms with van der Waals surface area (Å²) < 4.78 is 6.44. The number of piperazine rings is 1. The SMILES string of the molecule is Cc1ccc(OCc2ccc(CN3CCN(C(=O)C4CC4)CC3)cc2C)c(-c2csc(N3CCC4CC4C3)n2)c1.O=CO. The fourth-order valence-electron chi connectivity index (χ4n) is 6.41. The zero-order valence-electron chi connectivity index (χ0n) is 25.2. The number of anilines is 1. The Morgan fingerprint density at radius 3 is 2.56 bits per heavy atom. The number of ether oxygens (including phenoxy) is 1. The van der Waals surface area contributed by atoms with Crippen LogP contribution >= 0.6 is 11.3 Å². The Bertz CT molecular complexity index is 1450. The molecule has 2 aromatic carbocycles. The lowest BCUT2D eigenvalue weighted by Gasteiger charge is -2.35. The standard InChI is InChI=1S/C33H40N4O2S.CH2O2/c1-22-3-8-31(29(15-22)30-21-40-33(34-30)37-10-9-26-17-28(26)19-37)39-20-27-5-4-24(16-23(27)2)18-35-11-13-36(14-12-35)32(38)25-6-7-25;2-1-3/h3-5,8,15-16,21,25-26,28H,6-7,9-14,17-20H2,1-2H3;1H,(H,2,3). The van der Waals surface area contributed by atoms with Gasteiger partial charge in [-0.15, -0.1) is 11.3 Å². The molecule has 2 aliphatic carbocycles. The first-order valence-corrected chi connectivity index (χ1v) is 16.4. The Kier molecular flexibility index (Phi) is 9.00. The summed E-state index contributed by atoms with van der Waals surface area (Å²) in [6, 6.07) is 13.2. The van der Waals surface area contributed by atoms with Gasteiger partial charge in [-0.3, -0.25) is 14.5 Å². The van der Waals surface area contributed by atoms with Crippen LogP contribution in [0.1, 0.15) is 47.9 Å². The first kappa shape index (κ1) is 29.6. The Hall–Kier alpha value is -3.43. The minimum Gasteiger partial charge on any atom is -0.488 e. The Morgan fingerprint density at radius 1 is 1.05 bits per heavy atom. The van der Waals surface area contributed by atoms with E-state index in [4.69, 9.17) is 19.6 Å². The summed E-state index contributed by atoms with van der Waals surface area (Å²) in [6.07, 6.45) is 4.90. The van der Waals surface area contributed by atoms with Crippen LogP contribution in [0.5, 0.6) is 5.75 Å². The molecule has 7 rings (SSSR count). The maximum atomic E-state index is 12.4. The maximum Gasteiger partial charge on any atom is 0.290 e. The Morgan fingerprint density at radius 2 is 1.84 bits per heavy atom. The molecule has 2 atom stereocenters. The van der Waals surface area contributed by atoms with E-state index >= 15 is 0 Å². The fraction of sp³-hybridized carbons (Fsp3) is 0.500. The molecular formula is C34H42N4O4S. The molecule has 3 aromatic rings. The topological polar surface area (TPSA) is 86.2 Å². The van der Waals surface area contributed by atoms with E-state index in [1.54, 1.807) is 11.3 Å². The minimum atomic E-state index is -0.250. The molecule has 228 valence electrons. The monoisotopic (exact) mass is 602 g/mol. The van der Waals surface area contributed by atoms with Gasteiger partial charge in [0.1, 0.15) is 12.4 Å². The van der Waals surface area contributed by atoms with Crippen LogP contribution in [-0.2, 0) is 22.7 Å². The van der Waals surface area contributed by atoms with Gasteiger partial charge in [-0.05, 0) is 80.2 Å². The zero-order chi connectivity index (χ0) is 29.9. The van der Waals surface area contributed by atoms with E-state index in [1.807, 2.05) is 0 Å². The Balaban J connectivity index is 0.00000105. The number of carbonyl (C=O) groups excluding carboxylic acids is 1. The van der Waals surface area contributed by atoms with Crippen molar-refractivity contribution >= 4 is 28.8 Å². The zero-order valence-corrected chi connectivity index (χ0v) is 26.0. The van der Waals surface area contributed by atoms with E-state index in [2.05, 4.69) is 70.3 Å². The molecule has 0 spiro atoms. The molecule has 43 heavy (non-hydrogen) atoms. The summed E-state index contributed by atoms with van der Waals surface area (Å²) in [6.45, 7) is 11.5. The highest BCUT2D eigenvalue weighted by atomic mass is 32.1. The van der Waals surface area contributed by atoms with Gasteiger partial charge in [0.05, 0.1) is 5.69 Å². The second kappa shape index (κ2) is 13.1. The number of piperidine rings is 1. The lowest BCUT2D eigenvalue weighted by molar-refractivity contribution is -0.134. The number of fused-ring (bicyclic) bond motifs is 1. The normalized spacial score (nSPS) is 21.4. The van der Waals surface area contributed by atoms with Gasteiger partial charge >= 0.3 is 0 Å². The average molecular weight is 603 g/mol. The number of thiazole rings is 1. The number of hydrogen-bond donors (Lipinski definition) is 1. The number of nitrogens with zero attached hydrogens (tertiary/aromatic N) is 4. The van der Waals surface area contributed by atoms with Gasteiger partial charge in [-0.25, -0.2) is 4.98 Å². The van der Waals surface area contributed by atoms with E-state index in [-0.39, 0.29) is 6.47 Å². The second-order valence-electron chi connectivity index (χ2n) is 12.5. The summed E-state index contributed by atoms with van der Waals surface area (Å²) in [7, 11) is 0. The quantitative estimate of drug-likeness (QED) is 0.336. The largest absolute Gasteiger partial charge is 0.488 e. The highest BCUT2D eigenvalue weighted by Gasteiger charge is 2.42. The van der Waals surface area contributed by atoms with Crippen molar-refractivity contribution < 1.29 is 19.4 Å². The van der Waals surface area contributed by atoms with Gasteiger partial charge in [-0.1, -0.05) is 29.8 Å². The molecule has 0 bridgehead atoms. The van der Waals surface area contributed by atoms with Crippen molar-refractivity contribution in [2.24, 2.45) is 17.8 Å². The molecule has 2 unspecified atom stereocenters. The molecule has 1 amide bonds. The van der Waals surface area contributed by atoms with Crippen LogP contribution in [0.25, 0.3) is 11.3 Å². The molecule has 2 saturated heterocycles. The van der Waals surface area contributed by atoms with E-state index in [1.165, 1.54) is 41.6 Å². The third kappa shape index (κ3) is 7.21. The van der Waals surface area contributed by atoms with Crippen LogP contribution < -0.4 is 9.64 Å². The van der Waals surface area contributed by atoms with Crippen molar-refractivity contribution in [2.75, 3.05) is 44.2 Å². The lowest BCUT2D eigenvalue weighted by atomic mass is 10.0. The van der Waals surface area contributed by atoms with Gasteiger partial charge in [0, 0.05) is 62.7 Å². The minimum absolute atomic E-state index is 0.250. The predicted octanol–water partition coefficient (Wildman–Crippen LogP) is 5.61. The van der Waals surface area contributed by atoms with Gasteiger partial charge in [0.2, 0.25) is 5.91 Å². The van der Waals surface area contributed by atoms with Crippen molar-refractivity contribution in [1.29, 1.82) is 0 Å². The summed E-state index contributed by atoms with van der Waals surface area (Å²) in [5, 5.41) is 10.2. The molecule has 4 aliphatic rings. The van der Waals surface area contributed by atoms with Crippen LogP contribution in [0.15, 0.2) is 41.8 Å². The summed E-state index contributed by atoms with van der Waals surface area (Å²) >= 11 is 1.76. The summed E-state index contributed by atoms with van der Waals surface area (Å²) in [5.74, 6) is 3.46. The summed E-state index contributed by atoms with van der Waals surface area (Å²) in [4.78, 5) is 32.8.